The summed E-state index contributed by atoms with van der Waals surface area (Å²) in [5.74, 6) is 0.915. The van der Waals surface area contributed by atoms with Gasteiger partial charge in [-0.3, -0.25) is 9.59 Å². The molecule has 0 radical (unpaired) electrons. The maximum Gasteiger partial charge on any atom is 0.276 e. The van der Waals surface area contributed by atoms with Crippen LogP contribution >= 0.6 is 0 Å². The van der Waals surface area contributed by atoms with Crippen LogP contribution in [0.25, 0.3) is 0 Å². The van der Waals surface area contributed by atoms with Crippen molar-refractivity contribution in [3.05, 3.63) is 48.2 Å². The van der Waals surface area contributed by atoms with Crippen molar-refractivity contribution in [2.24, 2.45) is 5.92 Å². The molecule has 2 fully saturated rings. The van der Waals surface area contributed by atoms with Crippen molar-refractivity contribution in [3.8, 4) is 0 Å². The molecule has 7 nitrogen and oxygen atoms in total. The highest BCUT2D eigenvalue weighted by atomic mass is 16.2. The molecule has 0 spiro atoms. The third kappa shape index (κ3) is 4.13. The third-order valence-corrected chi connectivity index (χ3v) is 5.50. The zero-order chi connectivity index (χ0) is 19.3. The van der Waals surface area contributed by atoms with E-state index in [0.717, 1.165) is 63.4 Å². The van der Waals surface area contributed by atoms with Crippen LogP contribution in [0.5, 0.6) is 0 Å². The van der Waals surface area contributed by atoms with Gasteiger partial charge in [-0.2, -0.15) is 0 Å². The highest BCUT2D eigenvalue weighted by molar-refractivity contribution is 6.02. The Morgan fingerprint density at radius 3 is 2.25 bits per heavy atom. The Morgan fingerprint density at radius 1 is 0.893 bits per heavy atom. The Bertz CT molecular complexity index is 810. The number of benzene rings is 1. The molecule has 1 N–H and O–H groups in total. The first-order chi connectivity index (χ1) is 13.7. The quantitative estimate of drug-likeness (QED) is 0.883. The fraction of sp³-hybridized carbons (Fsp3) is 0.429. The van der Waals surface area contributed by atoms with Gasteiger partial charge in [0.2, 0.25) is 5.91 Å². The van der Waals surface area contributed by atoms with Crippen molar-refractivity contribution in [2.75, 3.05) is 36.4 Å². The molecule has 0 atom stereocenters. The van der Waals surface area contributed by atoms with Gasteiger partial charge in [0, 0.05) is 37.8 Å². The van der Waals surface area contributed by atoms with E-state index < -0.39 is 0 Å². The van der Waals surface area contributed by atoms with Gasteiger partial charge in [0.1, 0.15) is 0 Å². The van der Waals surface area contributed by atoms with Crippen LogP contribution in [0.2, 0.25) is 0 Å². The number of piperidine rings is 1. The number of nitrogens with zero attached hydrogens (tertiary/aromatic N) is 4. The van der Waals surface area contributed by atoms with E-state index in [2.05, 4.69) is 20.4 Å². The number of likely N-dealkylation sites (tertiary alicyclic amines) is 1. The normalized spacial score (nSPS) is 17.6. The molecule has 2 amide bonds. The van der Waals surface area contributed by atoms with Crippen molar-refractivity contribution >= 4 is 23.3 Å². The number of hydrogen-bond acceptors (Lipinski definition) is 5. The number of nitrogens with one attached hydrogen (secondary N) is 1. The Morgan fingerprint density at radius 2 is 1.61 bits per heavy atom. The summed E-state index contributed by atoms with van der Waals surface area (Å²) in [5.41, 5.74) is 1.01. The molecule has 0 bridgehead atoms. The highest BCUT2D eigenvalue weighted by Gasteiger charge is 2.30. The van der Waals surface area contributed by atoms with Gasteiger partial charge in [0.05, 0.1) is 0 Å². The number of hydrogen-bond donors (Lipinski definition) is 1. The van der Waals surface area contributed by atoms with E-state index in [1.807, 2.05) is 41.3 Å². The lowest BCUT2D eigenvalue weighted by molar-refractivity contribution is -0.135. The van der Waals surface area contributed by atoms with E-state index in [1.165, 1.54) is 0 Å². The second-order valence-electron chi connectivity index (χ2n) is 7.39. The van der Waals surface area contributed by atoms with Crippen LogP contribution in [0.3, 0.4) is 0 Å². The number of amides is 2. The molecule has 28 heavy (non-hydrogen) atoms. The van der Waals surface area contributed by atoms with E-state index in [0.29, 0.717) is 5.91 Å². The number of anilines is 2. The highest BCUT2D eigenvalue weighted by Crippen LogP contribution is 2.24. The molecule has 0 unspecified atom stereocenters. The number of rotatable bonds is 4. The summed E-state index contributed by atoms with van der Waals surface area (Å²) in [7, 11) is 0. The Kier molecular flexibility index (Phi) is 5.50. The van der Waals surface area contributed by atoms with E-state index >= 15 is 0 Å². The number of aromatic nitrogens is 2. The van der Waals surface area contributed by atoms with Gasteiger partial charge in [-0.25, -0.2) is 0 Å². The lowest BCUT2D eigenvalue weighted by atomic mass is 9.95. The lowest BCUT2D eigenvalue weighted by Crippen LogP contribution is -2.42. The summed E-state index contributed by atoms with van der Waals surface area (Å²) in [6.45, 7) is 3.40. The van der Waals surface area contributed by atoms with E-state index in [-0.39, 0.29) is 17.5 Å². The van der Waals surface area contributed by atoms with E-state index in [4.69, 9.17) is 0 Å². The minimum absolute atomic E-state index is 0.123. The van der Waals surface area contributed by atoms with Crippen molar-refractivity contribution in [2.45, 2.75) is 25.7 Å². The number of para-hydroxylation sites is 1. The van der Waals surface area contributed by atoms with Crippen LogP contribution in [-0.4, -0.2) is 53.1 Å². The fourth-order valence-electron chi connectivity index (χ4n) is 3.88. The number of carbonyl (C=O) groups is 2. The van der Waals surface area contributed by atoms with Gasteiger partial charge < -0.3 is 15.1 Å². The zero-order valence-corrected chi connectivity index (χ0v) is 15.9. The van der Waals surface area contributed by atoms with Crippen LogP contribution < -0.4 is 10.2 Å². The average Bonchev–Trinajstić information content (AvgIpc) is 3.29. The zero-order valence-electron chi connectivity index (χ0n) is 15.9. The van der Waals surface area contributed by atoms with Crippen LogP contribution in [0.1, 0.15) is 36.2 Å². The molecule has 3 heterocycles. The van der Waals surface area contributed by atoms with Gasteiger partial charge in [0.15, 0.2) is 11.5 Å². The standard InChI is InChI=1S/C21H25N5O2/c27-20(22-17-6-2-1-3-7-17)18-8-9-19(24-23-18)25-14-10-16(11-15-25)21(28)26-12-4-5-13-26/h1-3,6-9,16H,4-5,10-15H2,(H,22,27). The lowest BCUT2D eigenvalue weighted by Gasteiger charge is -2.33. The molecule has 1 aromatic heterocycles. The van der Waals surface area contributed by atoms with Gasteiger partial charge in [0.25, 0.3) is 5.91 Å². The first-order valence-corrected chi connectivity index (χ1v) is 9.94. The van der Waals surface area contributed by atoms with Crippen molar-refractivity contribution in [1.29, 1.82) is 0 Å². The summed E-state index contributed by atoms with van der Waals surface area (Å²) < 4.78 is 0. The summed E-state index contributed by atoms with van der Waals surface area (Å²) in [4.78, 5) is 29.0. The minimum Gasteiger partial charge on any atom is -0.355 e. The second kappa shape index (κ2) is 8.37. The molecule has 2 saturated heterocycles. The maximum absolute atomic E-state index is 12.5. The second-order valence-corrected chi connectivity index (χ2v) is 7.39. The Balaban J connectivity index is 1.32. The molecule has 2 aliphatic heterocycles. The molecule has 0 saturated carbocycles. The topological polar surface area (TPSA) is 78.4 Å². The molecule has 2 aromatic rings. The molecule has 146 valence electrons. The van der Waals surface area contributed by atoms with Gasteiger partial charge >= 0.3 is 0 Å². The third-order valence-electron chi connectivity index (χ3n) is 5.50. The van der Waals surface area contributed by atoms with Crippen molar-refractivity contribution < 1.29 is 9.59 Å². The van der Waals surface area contributed by atoms with Crippen LogP contribution in [0.15, 0.2) is 42.5 Å². The molecule has 1 aromatic carbocycles. The van der Waals surface area contributed by atoms with Crippen molar-refractivity contribution in [1.82, 2.24) is 15.1 Å². The smallest absolute Gasteiger partial charge is 0.276 e. The minimum atomic E-state index is -0.278. The Hall–Kier alpha value is -2.96. The summed E-state index contributed by atoms with van der Waals surface area (Å²) in [6, 6.07) is 12.8. The molecular weight excluding hydrogens is 354 g/mol. The molecule has 7 heteroatoms. The molecule has 4 rings (SSSR count). The Labute approximate surface area is 164 Å². The summed E-state index contributed by atoms with van der Waals surface area (Å²) in [5, 5.41) is 11.1. The van der Waals surface area contributed by atoms with E-state index in [1.54, 1.807) is 6.07 Å². The molecule has 0 aliphatic carbocycles. The van der Waals surface area contributed by atoms with Crippen LogP contribution in [0, 0.1) is 5.92 Å². The first-order valence-electron chi connectivity index (χ1n) is 9.94. The summed E-state index contributed by atoms with van der Waals surface area (Å²) in [6.07, 6.45) is 3.94. The van der Waals surface area contributed by atoms with Gasteiger partial charge in [-0.05, 0) is 49.9 Å². The van der Waals surface area contributed by atoms with Crippen LogP contribution in [0.4, 0.5) is 11.5 Å². The van der Waals surface area contributed by atoms with E-state index in [9.17, 15) is 9.59 Å². The molecular formula is C21H25N5O2. The monoisotopic (exact) mass is 379 g/mol. The SMILES string of the molecule is O=C(Nc1ccccc1)c1ccc(N2CCC(C(=O)N3CCCC3)CC2)nn1. The van der Waals surface area contributed by atoms with Gasteiger partial charge in [-0.15, -0.1) is 10.2 Å². The van der Waals surface area contributed by atoms with Gasteiger partial charge in [-0.1, -0.05) is 18.2 Å². The fourth-order valence-corrected chi connectivity index (χ4v) is 3.88. The first kappa shape index (κ1) is 18.4. The molecule has 2 aliphatic rings. The average molecular weight is 379 g/mol. The predicted molar refractivity (Wildman–Crippen MR) is 107 cm³/mol. The number of carbonyl (C=O) groups excluding carboxylic acids is 2. The predicted octanol–water partition coefficient (Wildman–Crippen LogP) is 2.57. The largest absolute Gasteiger partial charge is 0.355 e. The summed E-state index contributed by atoms with van der Waals surface area (Å²) >= 11 is 0. The van der Waals surface area contributed by atoms with Crippen LogP contribution in [-0.2, 0) is 4.79 Å². The maximum atomic E-state index is 12.5. The van der Waals surface area contributed by atoms with Crippen molar-refractivity contribution in [3.63, 3.8) is 0 Å².